The summed E-state index contributed by atoms with van der Waals surface area (Å²) in [5.41, 5.74) is 0. The van der Waals surface area contributed by atoms with Gasteiger partial charge in [0.2, 0.25) is 0 Å². The topological polar surface area (TPSA) is 76.0 Å². The van der Waals surface area contributed by atoms with Crippen molar-refractivity contribution in [1.29, 1.82) is 0 Å². The van der Waals surface area contributed by atoms with Gasteiger partial charge in [-0.1, -0.05) is 6.92 Å². The quantitative estimate of drug-likeness (QED) is 0.371. The van der Waals surface area contributed by atoms with Gasteiger partial charge in [0.1, 0.15) is 0 Å². The minimum atomic E-state index is -4.01. The summed E-state index contributed by atoms with van der Waals surface area (Å²) in [4.78, 5) is 9.28. The second kappa shape index (κ2) is 7.46. The van der Waals surface area contributed by atoms with Gasteiger partial charge in [-0.05, 0) is 6.42 Å². The van der Waals surface area contributed by atoms with Crippen molar-refractivity contribution >= 4 is 7.82 Å². The van der Waals surface area contributed by atoms with Crippen molar-refractivity contribution in [3.05, 3.63) is 0 Å². The number of nitrogens with zero attached hydrogens (tertiary/aromatic N) is 1. The molecule has 0 rings (SSSR count). The monoisotopic (exact) mass is 270 g/mol. The van der Waals surface area contributed by atoms with E-state index < -0.39 is 13.9 Å². The molecule has 0 aromatic heterocycles. The Morgan fingerprint density at radius 2 is 1.88 bits per heavy atom. The van der Waals surface area contributed by atoms with Gasteiger partial charge >= 0.3 is 7.82 Å². The van der Waals surface area contributed by atoms with Crippen LogP contribution in [0.5, 0.6) is 0 Å². The molecule has 0 bridgehead atoms. The third-order valence-corrected chi connectivity index (χ3v) is 3.11. The standard InChI is InChI=1S/C10H24NO5P/c1-5-10(12)9-16-17(13,14)15-8-6-7-11(2,3)4/h10,12H,5-9H2,1-4H3/p+1. The van der Waals surface area contributed by atoms with Crippen LogP contribution in [0, 0.1) is 0 Å². The zero-order valence-electron chi connectivity index (χ0n) is 11.1. The maximum Gasteiger partial charge on any atom is 0.472 e. The van der Waals surface area contributed by atoms with Crippen LogP contribution in [0.25, 0.3) is 0 Å². The van der Waals surface area contributed by atoms with E-state index in [4.69, 9.17) is 4.52 Å². The smallest absolute Gasteiger partial charge is 0.391 e. The van der Waals surface area contributed by atoms with Crippen LogP contribution in [0.3, 0.4) is 0 Å². The van der Waals surface area contributed by atoms with Gasteiger partial charge in [0.15, 0.2) is 0 Å². The molecular formula is C10H25NO5P+. The van der Waals surface area contributed by atoms with Gasteiger partial charge in [0.25, 0.3) is 0 Å². The predicted octanol–water partition coefficient (Wildman–Crippen LogP) is 0.987. The molecule has 6 nitrogen and oxygen atoms in total. The molecule has 0 aromatic rings. The summed E-state index contributed by atoms with van der Waals surface area (Å²) in [7, 11) is 2.09. The Balaban J connectivity index is 3.75. The molecule has 2 unspecified atom stereocenters. The summed E-state index contributed by atoms with van der Waals surface area (Å²) >= 11 is 0. The van der Waals surface area contributed by atoms with Crippen LogP contribution in [-0.4, -0.2) is 61.5 Å². The van der Waals surface area contributed by atoms with E-state index in [0.717, 1.165) is 11.0 Å². The van der Waals surface area contributed by atoms with E-state index in [1.54, 1.807) is 6.92 Å². The molecule has 17 heavy (non-hydrogen) atoms. The molecule has 0 heterocycles. The number of hydrogen-bond donors (Lipinski definition) is 2. The average Bonchev–Trinajstić information content (AvgIpc) is 2.20. The van der Waals surface area contributed by atoms with Crippen LogP contribution in [0.1, 0.15) is 19.8 Å². The maximum absolute atomic E-state index is 11.4. The fourth-order valence-corrected chi connectivity index (χ4v) is 1.85. The van der Waals surface area contributed by atoms with Gasteiger partial charge < -0.3 is 14.5 Å². The van der Waals surface area contributed by atoms with Crippen LogP contribution in [-0.2, 0) is 13.6 Å². The van der Waals surface area contributed by atoms with Crippen LogP contribution >= 0.6 is 7.82 Å². The molecule has 0 aliphatic rings. The van der Waals surface area contributed by atoms with E-state index in [-0.39, 0.29) is 13.2 Å². The lowest BCUT2D eigenvalue weighted by Gasteiger charge is -2.23. The number of aliphatic hydroxyl groups is 1. The molecule has 0 saturated carbocycles. The van der Waals surface area contributed by atoms with Gasteiger partial charge in [0.05, 0.1) is 47.0 Å². The van der Waals surface area contributed by atoms with Gasteiger partial charge in [-0.2, -0.15) is 0 Å². The van der Waals surface area contributed by atoms with E-state index >= 15 is 0 Å². The third kappa shape index (κ3) is 10.9. The second-order valence-corrected chi connectivity index (χ2v) is 6.48. The first-order chi connectivity index (χ1) is 7.66. The Labute approximate surface area is 103 Å². The van der Waals surface area contributed by atoms with Crippen LogP contribution in [0.15, 0.2) is 0 Å². The summed E-state index contributed by atoms with van der Waals surface area (Å²) in [6.07, 6.45) is 0.417. The molecule has 2 atom stereocenters. The van der Waals surface area contributed by atoms with Crippen molar-refractivity contribution in [2.75, 3.05) is 40.9 Å². The number of hydrogen-bond acceptors (Lipinski definition) is 4. The van der Waals surface area contributed by atoms with Crippen molar-refractivity contribution < 1.29 is 28.1 Å². The molecular weight excluding hydrogens is 245 g/mol. The lowest BCUT2D eigenvalue weighted by atomic mass is 10.3. The second-order valence-electron chi connectivity index (χ2n) is 5.03. The summed E-state index contributed by atoms with van der Waals surface area (Å²) in [6.45, 7) is 2.60. The van der Waals surface area contributed by atoms with Crippen LogP contribution < -0.4 is 0 Å². The van der Waals surface area contributed by atoms with Crippen molar-refractivity contribution in [3.8, 4) is 0 Å². The lowest BCUT2D eigenvalue weighted by molar-refractivity contribution is -0.870. The number of aliphatic hydroxyl groups excluding tert-OH is 1. The summed E-state index contributed by atoms with van der Waals surface area (Å²) in [6, 6.07) is 0. The highest BCUT2D eigenvalue weighted by molar-refractivity contribution is 7.47. The van der Waals surface area contributed by atoms with E-state index in [1.807, 2.05) is 21.1 Å². The minimum Gasteiger partial charge on any atom is -0.391 e. The van der Waals surface area contributed by atoms with Crippen molar-refractivity contribution in [2.24, 2.45) is 0 Å². The Kier molecular flexibility index (Phi) is 7.47. The molecule has 0 fully saturated rings. The van der Waals surface area contributed by atoms with Gasteiger partial charge in [-0.3, -0.25) is 9.05 Å². The van der Waals surface area contributed by atoms with E-state index in [2.05, 4.69) is 4.52 Å². The molecule has 0 aliphatic carbocycles. The average molecular weight is 270 g/mol. The number of quaternary nitrogens is 1. The molecule has 2 N–H and O–H groups in total. The summed E-state index contributed by atoms with van der Waals surface area (Å²) in [5, 5.41) is 9.18. The van der Waals surface area contributed by atoms with Crippen molar-refractivity contribution in [3.63, 3.8) is 0 Å². The Bertz CT molecular complexity index is 254. The largest absolute Gasteiger partial charge is 0.472 e. The van der Waals surface area contributed by atoms with E-state index in [0.29, 0.717) is 12.8 Å². The Morgan fingerprint density at radius 3 is 2.35 bits per heavy atom. The highest BCUT2D eigenvalue weighted by atomic mass is 31.2. The highest BCUT2D eigenvalue weighted by Crippen LogP contribution is 2.43. The lowest BCUT2D eigenvalue weighted by Crippen LogP contribution is -2.35. The third-order valence-electron chi connectivity index (χ3n) is 2.13. The first kappa shape index (κ1) is 17.0. The van der Waals surface area contributed by atoms with Gasteiger partial charge in [-0.15, -0.1) is 0 Å². The van der Waals surface area contributed by atoms with Gasteiger partial charge in [-0.25, -0.2) is 4.57 Å². The molecule has 0 spiro atoms. The maximum atomic E-state index is 11.4. The molecule has 0 saturated heterocycles. The number of phosphoric acid groups is 1. The zero-order chi connectivity index (χ0) is 13.5. The summed E-state index contributed by atoms with van der Waals surface area (Å²) < 4.78 is 21.6. The molecule has 0 aromatic carbocycles. The molecule has 7 heteroatoms. The fourth-order valence-electron chi connectivity index (χ4n) is 1.05. The highest BCUT2D eigenvalue weighted by Gasteiger charge is 2.22. The predicted molar refractivity (Wildman–Crippen MR) is 65.5 cm³/mol. The minimum absolute atomic E-state index is 0.172. The normalized spacial score (nSPS) is 17.8. The van der Waals surface area contributed by atoms with Crippen LogP contribution in [0.4, 0.5) is 0 Å². The van der Waals surface area contributed by atoms with E-state index in [9.17, 15) is 14.6 Å². The number of rotatable bonds is 9. The molecule has 104 valence electrons. The number of phosphoric ester groups is 1. The van der Waals surface area contributed by atoms with E-state index in [1.165, 1.54) is 0 Å². The molecule has 0 amide bonds. The molecule has 0 radical (unpaired) electrons. The first-order valence-corrected chi connectivity index (χ1v) is 7.26. The van der Waals surface area contributed by atoms with Crippen molar-refractivity contribution in [2.45, 2.75) is 25.9 Å². The fraction of sp³-hybridized carbons (Fsp3) is 1.00. The summed E-state index contributed by atoms with van der Waals surface area (Å²) in [5.74, 6) is 0. The van der Waals surface area contributed by atoms with Gasteiger partial charge in [0, 0.05) is 6.42 Å². The Hall–Kier alpha value is 0.0300. The molecule has 0 aliphatic heterocycles. The Morgan fingerprint density at radius 1 is 1.29 bits per heavy atom. The van der Waals surface area contributed by atoms with Crippen molar-refractivity contribution in [1.82, 2.24) is 0 Å². The first-order valence-electron chi connectivity index (χ1n) is 5.76. The van der Waals surface area contributed by atoms with Crippen LogP contribution in [0.2, 0.25) is 0 Å². The SMILES string of the molecule is CCC(O)COP(=O)(O)OCCC[N+](C)(C)C. The zero-order valence-corrected chi connectivity index (χ0v) is 12.0.